The average molecular weight is 258 g/mol. The predicted molar refractivity (Wildman–Crippen MR) is 63.3 cm³/mol. The minimum absolute atomic E-state index is 0.0260. The number of benzene rings is 1. The van der Waals surface area contributed by atoms with Crippen molar-refractivity contribution in [2.24, 2.45) is 0 Å². The van der Waals surface area contributed by atoms with Crippen molar-refractivity contribution in [3.05, 3.63) is 34.9 Å². The first-order chi connectivity index (χ1) is 8.46. The summed E-state index contributed by atoms with van der Waals surface area (Å²) < 4.78 is 36.0. The van der Waals surface area contributed by atoms with Gasteiger partial charge < -0.3 is 5.11 Å². The summed E-state index contributed by atoms with van der Waals surface area (Å²) in [6, 6.07) is 5.77. The zero-order chi connectivity index (χ0) is 13.2. The summed E-state index contributed by atoms with van der Waals surface area (Å²) in [4.78, 5) is 0. The molecular weight excluding hydrogens is 241 g/mol. The highest BCUT2D eigenvalue weighted by molar-refractivity contribution is 5.36. The summed E-state index contributed by atoms with van der Waals surface area (Å²) in [5.41, 5.74) is 3.29. The highest BCUT2D eigenvalue weighted by Crippen LogP contribution is 2.29. The molecular formula is C14H17F3O. The van der Waals surface area contributed by atoms with Gasteiger partial charge in [-0.15, -0.1) is 0 Å². The number of aliphatic hydroxyl groups is 1. The number of hydrogen-bond acceptors (Lipinski definition) is 1. The van der Waals surface area contributed by atoms with Crippen molar-refractivity contribution in [3.63, 3.8) is 0 Å². The van der Waals surface area contributed by atoms with Crippen molar-refractivity contribution in [2.75, 3.05) is 0 Å². The molecule has 0 heterocycles. The molecule has 0 radical (unpaired) electrons. The van der Waals surface area contributed by atoms with E-state index in [1.807, 2.05) is 18.2 Å². The molecule has 1 atom stereocenters. The van der Waals surface area contributed by atoms with E-state index in [4.69, 9.17) is 0 Å². The molecule has 2 rings (SSSR count). The summed E-state index contributed by atoms with van der Waals surface area (Å²) in [5.74, 6) is 0. The van der Waals surface area contributed by atoms with Gasteiger partial charge in [-0.3, -0.25) is 0 Å². The van der Waals surface area contributed by atoms with Crippen LogP contribution in [0, 0.1) is 0 Å². The van der Waals surface area contributed by atoms with E-state index in [0.717, 1.165) is 24.8 Å². The average Bonchev–Trinajstić information content (AvgIpc) is 2.73. The Bertz CT molecular complexity index is 412. The quantitative estimate of drug-likeness (QED) is 0.867. The first-order valence-electron chi connectivity index (χ1n) is 6.32. The smallest absolute Gasteiger partial charge is 0.388 e. The number of alkyl halides is 3. The Hall–Kier alpha value is -1.03. The van der Waals surface area contributed by atoms with Crippen LogP contribution in [0.4, 0.5) is 13.2 Å². The van der Waals surface area contributed by atoms with Gasteiger partial charge in [-0.05, 0) is 48.8 Å². The Balaban J connectivity index is 1.91. The van der Waals surface area contributed by atoms with Gasteiger partial charge >= 0.3 is 6.18 Å². The number of halogens is 3. The Morgan fingerprint density at radius 2 is 1.89 bits per heavy atom. The largest absolute Gasteiger partial charge is 0.389 e. The van der Waals surface area contributed by atoms with Gasteiger partial charge in [-0.2, -0.15) is 13.2 Å². The van der Waals surface area contributed by atoms with E-state index in [1.165, 1.54) is 11.1 Å². The molecule has 1 aromatic rings. The van der Waals surface area contributed by atoms with Gasteiger partial charge in [0.15, 0.2) is 0 Å². The van der Waals surface area contributed by atoms with Gasteiger partial charge in [-0.1, -0.05) is 18.2 Å². The fraction of sp³-hybridized carbons (Fsp3) is 0.571. The SMILES string of the molecule is OC(CCCC(F)(F)F)c1ccc2c(c1)CCC2. The molecule has 0 saturated heterocycles. The van der Waals surface area contributed by atoms with E-state index in [2.05, 4.69) is 0 Å². The predicted octanol–water partition coefficient (Wildman–Crippen LogP) is 3.94. The highest BCUT2D eigenvalue weighted by atomic mass is 19.4. The van der Waals surface area contributed by atoms with E-state index >= 15 is 0 Å². The molecule has 0 aromatic heterocycles. The Morgan fingerprint density at radius 1 is 1.17 bits per heavy atom. The van der Waals surface area contributed by atoms with Gasteiger partial charge in [0.1, 0.15) is 0 Å². The second-order valence-electron chi connectivity index (χ2n) is 4.90. The molecule has 1 aromatic carbocycles. The minimum atomic E-state index is -4.13. The van der Waals surface area contributed by atoms with Crippen LogP contribution in [-0.2, 0) is 12.8 Å². The van der Waals surface area contributed by atoms with E-state index in [0.29, 0.717) is 0 Å². The lowest BCUT2D eigenvalue weighted by Gasteiger charge is -2.13. The van der Waals surface area contributed by atoms with Crippen molar-refractivity contribution in [1.29, 1.82) is 0 Å². The van der Waals surface area contributed by atoms with E-state index in [-0.39, 0.29) is 12.8 Å². The third-order valence-corrected chi connectivity index (χ3v) is 3.45. The second-order valence-corrected chi connectivity index (χ2v) is 4.90. The third-order valence-electron chi connectivity index (χ3n) is 3.45. The second kappa shape index (κ2) is 5.31. The van der Waals surface area contributed by atoms with Crippen LogP contribution in [0.15, 0.2) is 18.2 Å². The molecule has 1 nitrogen and oxygen atoms in total. The lowest BCUT2D eigenvalue weighted by Crippen LogP contribution is -2.08. The van der Waals surface area contributed by atoms with Crippen LogP contribution in [0.1, 0.15) is 48.5 Å². The molecule has 0 spiro atoms. The molecule has 0 amide bonds. The Labute approximate surface area is 105 Å². The van der Waals surface area contributed by atoms with Crippen LogP contribution >= 0.6 is 0 Å². The number of aliphatic hydroxyl groups excluding tert-OH is 1. The van der Waals surface area contributed by atoms with Crippen molar-refractivity contribution in [2.45, 2.75) is 50.8 Å². The molecule has 1 unspecified atom stereocenters. The molecule has 18 heavy (non-hydrogen) atoms. The summed E-state index contributed by atoms with van der Waals surface area (Å²) in [6.07, 6.45) is -2.38. The van der Waals surface area contributed by atoms with E-state index < -0.39 is 18.7 Å². The van der Waals surface area contributed by atoms with Crippen molar-refractivity contribution in [3.8, 4) is 0 Å². The highest BCUT2D eigenvalue weighted by Gasteiger charge is 2.26. The lowest BCUT2D eigenvalue weighted by atomic mass is 9.99. The third kappa shape index (κ3) is 3.48. The number of aryl methyl sites for hydroxylation is 2. The van der Waals surface area contributed by atoms with Gasteiger partial charge in [0.25, 0.3) is 0 Å². The maximum Gasteiger partial charge on any atom is 0.389 e. The first-order valence-corrected chi connectivity index (χ1v) is 6.32. The molecule has 1 aliphatic carbocycles. The summed E-state index contributed by atoms with van der Waals surface area (Å²) in [6.45, 7) is 0. The van der Waals surface area contributed by atoms with Crippen molar-refractivity contribution >= 4 is 0 Å². The van der Waals surface area contributed by atoms with Crippen LogP contribution in [0.2, 0.25) is 0 Å². The summed E-state index contributed by atoms with van der Waals surface area (Å²) in [7, 11) is 0. The van der Waals surface area contributed by atoms with Crippen LogP contribution < -0.4 is 0 Å². The topological polar surface area (TPSA) is 20.2 Å². The van der Waals surface area contributed by atoms with Crippen LogP contribution in [0.3, 0.4) is 0 Å². The molecule has 1 aliphatic rings. The van der Waals surface area contributed by atoms with E-state index in [9.17, 15) is 18.3 Å². The molecule has 0 saturated carbocycles. The van der Waals surface area contributed by atoms with Gasteiger partial charge in [0.05, 0.1) is 6.10 Å². The molecule has 4 heteroatoms. The molecule has 0 fully saturated rings. The zero-order valence-electron chi connectivity index (χ0n) is 10.1. The number of rotatable bonds is 4. The number of fused-ring (bicyclic) bond motifs is 1. The molecule has 0 bridgehead atoms. The molecule has 100 valence electrons. The molecule has 0 aliphatic heterocycles. The van der Waals surface area contributed by atoms with Crippen LogP contribution in [-0.4, -0.2) is 11.3 Å². The minimum Gasteiger partial charge on any atom is -0.388 e. The van der Waals surface area contributed by atoms with E-state index in [1.54, 1.807) is 0 Å². The van der Waals surface area contributed by atoms with Crippen molar-refractivity contribution in [1.82, 2.24) is 0 Å². The monoisotopic (exact) mass is 258 g/mol. The van der Waals surface area contributed by atoms with Gasteiger partial charge in [0, 0.05) is 6.42 Å². The fourth-order valence-electron chi connectivity index (χ4n) is 2.46. The van der Waals surface area contributed by atoms with Crippen LogP contribution in [0.25, 0.3) is 0 Å². The zero-order valence-corrected chi connectivity index (χ0v) is 10.1. The summed E-state index contributed by atoms with van der Waals surface area (Å²) >= 11 is 0. The fourth-order valence-corrected chi connectivity index (χ4v) is 2.46. The Kier molecular flexibility index (Phi) is 3.95. The Morgan fingerprint density at radius 3 is 2.61 bits per heavy atom. The normalized spacial score (nSPS) is 16.7. The first kappa shape index (κ1) is 13.4. The van der Waals surface area contributed by atoms with Crippen molar-refractivity contribution < 1.29 is 18.3 Å². The lowest BCUT2D eigenvalue weighted by molar-refractivity contribution is -0.136. The number of hydrogen-bond donors (Lipinski definition) is 1. The van der Waals surface area contributed by atoms with Gasteiger partial charge in [0.2, 0.25) is 0 Å². The molecule has 1 N–H and O–H groups in total. The van der Waals surface area contributed by atoms with Gasteiger partial charge in [-0.25, -0.2) is 0 Å². The standard InChI is InChI=1S/C14H17F3O/c15-14(16,17)8-2-5-13(18)12-7-6-10-3-1-4-11(10)9-12/h6-7,9,13,18H,1-5,8H2. The van der Waals surface area contributed by atoms with Crippen LogP contribution in [0.5, 0.6) is 0 Å². The maximum atomic E-state index is 12.0. The maximum absolute atomic E-state index is 12.0. The summed E-state index contributed by atoms with van der Waals surface area (Å²) in [5, 5.41) is 9.88.